The summed E-state index contributed by atoms with van der Waals surface area (Å²) in [5.41, 5.74) is 9.85. The summed E-state index contributed by atoms with van der Waals surface area (Å²) in [6.07, 6.45) is 8.39. The van der Waals surface area contributed by atoms with Crippen LogP contribution < -0.4 is 5.73 Å². The van der Waals surface area contributed by atoms with E-state index in [1.54, 1.807) is 30.6 Å². The molecule has 1 amide bonds. The minimum atomic E-state index is -3.78. The molecule has 14 heteroatoms. The van der Waals surface area contributed by atoms with Gasteiger partial charge in [-0.25, -0.2) is 17.8 Å². The Morgan fingerprint density at radius 1 is 1.10 bits per heavy atom. The third-order valence-corrected chi connectivity index (χ3v) is 9.36. The number of pyridine rings is 1. The summed E-state index contributed by atoms with van der Waals surface area (Å²) in [6, 6.07) is 9.61. The number of aromatic nitrogens is 7. The van der Waals surface area contributed by atoms with Crippen LogP contribution in [-0.2, 0) is 9.84 Å². The van der Waals surface area contributed by atoms with Gasteiger partial charge in [0.25, 0.3) is 5.91 Å². The molecule has 12 nitrogen and oxygen atoms in total. The number of nitrogens with one attached hydrogen (secondary N) is 1. The molecule has 2 atom stereocenters. The predicted molar refractivity (Wildman–Crippen MR) is 150 cm³/mol. The molecule has 0 aliphatic carbocycles. The van der Waals surface area contributed by atoms with Gasteiger partial charge in [-0.1, -0.05) is 18.2 Å². The van der Waals surface area contributed by atoms with Crippen molar-refractivity contribution in [2.24, 2.45) is 0 Å². The summed E-state index contributed by atoms with van der Waals surface area (Å²) in [5.74, 6) is -0.629. The van der Waals surface area contributed by atoms with Gasteiger partial charge in [-0.15, -0.1) is 10.2 Å². The molecule has 42 heavy (non-hydrogen) atoms. The normalized spacial score (nSPS) is 20.3. The van der Waals surface area contributed by atoms with Gasteiger partial charge in [-0.05, 0) is 43.9 Å². The number of nitrogen functional groups attached to an aromatic ring is 1. The monoisotopic (exact) mass is 587 g/mol. The topological polar surface area (TPSA) is 165 Å². The summed E-state index contributed by atoms with van der Waals surface area (Å²) < 4.78 is 41.2. The Morgan fingerprint density at radius 3 is 2.52 bits per heavy atom. The maximum Gasteiger partial charge on any atom is 0.292 e. The molecule has 2 unspecified atom stereocenters. The van der Waals surface area contributed by atoms with Crippen molar-refractivity contribution in [3.05, 3.63) is 72.5 Å². The SMILES string of the molecule is CS(=O)(=O)c1c(C2CC3CCC(C2)N3C(=O)c2nnc[nH]2)nc2c(-c3ccc(-c4cccc(F)c4)nc3)cnn2c1N. The van der Waals surface area contributed by atoms with Crippen LogP contribution in [0.25, 0.3) is 28.0 Å². The Kier molecular flexibility index (Phi) is 6.04. The fourth-order valence-electron chi connectivity index (χ4n) is 6.41. The smallest absolute Gasteiger partial charge is 0.292 e. The van der Waals surface area contributed by atoms with Gasteiger partial charge in [-0.2, -0.15) is 9.61 Å². The number of aromatic amines is 1. The Balaban J connectivity index is 1.28. The number of hydrogen-bond donors (Lipinski definition) is 2. The quantitative estimate of drug-likeness (QED) is 0.314. The Bertz CT molecular complexity index is 1930. The molecule has 2 aliphatic rings. The summed E-state index contributed by atoms with van der Waals surface area (Å²) in [6.45, 7) is 0. The first-order valence-electron chi connectivity index (χ1n) is 13.5. The third kappa shape index (κ3) is 4.29. The number of rotatable bonds is 5. The van der Waals surface area contributed by atoms with Crippen LogP contribution in [0.15, 0.2) is 60.0 Å². The lowest BCUT2D eigenvalue weighted by molar-refractivity contribution is 0.0556. The number of benzene rings is 1. The molecule has 2 bridgehead atoms. The number of anilines is 1. The fraction of sp³-hybridized carbons (Fsp3) is 0.286. The zero-order valence-corrected chi connectivity index (χ0v) is 23.3. The van der Waals surface area contributed by atoms with Gasteiger partial charge >= 0.3 is 0 Å². The summed E-state index contributed by atoms with van der Waals surface area (Å²) >= 11 is 0. The number of amides is 1. The summed E-state index contributed by atoms with van der Waals surface area (Å²) in [4.78, 5) is 27.1. The second-order valence-electron chi connectivity index (χ2n) is 10.8. The lowest BCUT2D eigenvalue weighted by Crippen LogP contribution is -2.46. The number of carbonyl (C=O) groups excluding carboxylic acids is 1. The lowest BCUT2D eigenvalue weighted by atomic mass is 9.87. The number of H-pyrrole nitrogens is 1. The number of carbonyl (C=O) groups is 1. The average Bonchev–Trinajstić information content (AvgIpc) is 3.71. The van der Waals surface area contributed by atoms with Crippen LogP contribution in [0.5, 0.6) is 0 Å². The van der Waals surface area contributed by atoms with Crippen molar-refractivity contribution in [1.82, 2.24) is 39.7 Å². The van der Waals surface area contributed by atoms with Gasteiger partial charge in [0, 0.05) is 47.1 Å². The molecule has 0 saturated carbocycles. The first kappa shape index (κ1) is 26.2. The van der Waals surface area contributed by atoms with Crippen LogP contribution in [0, 0.1) is 5.82 Å². The summed E-state index contributed by atoms with van der Waals surface area (Å²) in [7, 11) is -3.78. The van der Waals surface area contributed by atoms with Gasteiger partial charge in [0.1, 0.15) is 22.9 Å². The van der Waals surface area contributed by atoms with Gasteiger partial charge in [0.2, 0.25) is 5.82 Å². The zero-order chi connectivity index (χ0) is 29.2. The van der Waals surface area contributed by atoms with E-state index in [-0.39, 0.29) is 46.3 Å². The van der Waals surface area contributed by atoms with Crippen molar-refractivity contribution >= 4 is 27.2 Å². The molecule has 6 heterocycles. The van der Waals surface area contributed by atoms with E-state index in [2.05, 4.69) is 25.3 Å². The van der Waals surface area contributed by atoms with E-state index >= 15 is 0 Å². The van der Waals surface area contributed by atoms with Gasteiger partial charge in [0.15, 0.2) is 15.5 Å². The Labute approximate surface area is 239 Å². The highest BCUT2D eigenvalue weighted by Gasteiger charge is 2.46. The van der Waals surface area contributed by atoms with Crippen molar-refractivity contribution in [2.75, 3.05) is 12.0 Å². The second-order valence-corrected chi connectivity index (χ2v) is 12.8. The molecule has 5 aromatic rings. The van der Waals surface area contributed by atoms with Crippen LogP contribution in [0.3, 0.4) is 0 Å². The molecule has 0 radical (unpaired) electrons. The number of nitrogens with two attached hydrogens (primary N) is 1. The molecular weight excluding hydrogens is 561 g/mol. The fourth-order valence-corrected chi connectivity index (χ4v) is 7.47. The maximum absolute atomic E-state index is 13.7. The molecule has 214 valence electrons. The zero-order valence-electron chi connectivity index (χ0n) is 22.5. The van der Waals surface area contributed by atoms with E-state index in [1.807, 2.05) is 11.0 Å². The average molecular weight is 588 g/mol. The van der Waals surface area contributed by atoms with Crippen molar-refractivity contribution in [3.63, 3.8) is 0 Å². The molecule has 7 rings (SSSR count). The van der Waals surface area contributed by atoms with Crippen molar-refractivity contribution in [2.45, 2.75) is 48.6 Å². The number of fused-ring (bicyclic) bond motifs is 3. The van der Waals surface area contributed by atoms with E-state index in [4.69, 9.17) is 10.7 Å². The first-order valence-corrected chi connectivity index (χ1v) is 15.4. The van der Waals surface area contributed by atoms with Crippen LogP contribution >= 0.6 is 0 Å². The predicted octanol–water partition coefficient (Wildman–Crippen LogP) is 3.25. The molecule has 4 aromatic heterocycles. The molecule has 2 aliphatic heterocycles. The Hall–Kier alpha value is -4.72. The molecule has 2 saturated heterocycles. The molecular formula is C28H26FN9O3S. The van der Waals surface area contributed by atoms with E-state index in [9.17, 15) is 17.6 Å². The van der Waals surface area contributed by atoms with E-state index in [0.29, 0.717) is 46.6 Å². The van der Waals surface area contributed by atoms with E-state index in [0.717, 1.165) is 19.1 Å². The third-order valence-electron chi connectivity index (χ3n) is 8.20. The van der Waals surface area contributed by atoms with Crippen LogP contribution in [0.1, 0.15) is 47.9 Å². The maximum atomic E-state index is 13.7. The standard InChI is InChI=1S/C28H26FN9O3S/c1-42(40,41)24-23(17-10-19-6-7-20(11-17)37(19)28(39)26-32-14-33-36-26)35-27-21(13-34-38(27)25(24)30)16-5-8-22(31-12-16)15-3-2-4-18(29)9-15/h2-5,8-9,12-14,17,19-20H,6-7,10-11,30H2,1H3,(H,32,33,36). The molecule has 2 fully saturated rings. The molecule has 3 N–H and O–H groups in total. The first-order chi connectivity index (χ1) is 20.2. The number of nitrogens with zero attached hydrogens (tertiary/aromatic N) is 7. The minimum Gasteiger partial charge on any atom is -0.382 e. The Morgan fingerprint density at radius 2 is 1.88 bits per heavy atom. The number of piperidine rings is 1. The van der Waals surface area contributed by atoms with Crippen LogP contribution in [0.4, 0.5) is 10.2 Å². The summed E-state index contributed by atoms with van der Waals surface area (Å²) in [5, 5.41) is 12.0. The van der Waals surface area contributed by atoms with E-state index in [1.165, 1.54) is 23.0 Å². The molecule has 1 aromatic carbocycles. The minimum absolute atomic E-state index is 0.0133. The number of halogens is 1. The highest BCUT2D eigenvalue weighted by molar-refractivity contribution is 7.91. The van der Waals surface area contributed by atoms with Gasteiger partial charge in [0.05, 0.1) is 17.6 Å². The van der Waals surface area contributed by atoms with Crippen molar-refractivity contribution in [1.29, 1.82) is 0 Å². The highest BCUT2D eigenvalue weighted by atomic mass is 32.2. The van der Waals surface area contributed by atoms with Crippen LogP contribution in [-0.4, -0.2) is 72.3 Å². The van der Waals surface area contributed by atoms with Crippen molar-refractivity contribution < 1.29 is 17.6 Å². The van der Waals surface area contributed by atoms with Crippen molar-refractivity contribution in [3.8, 4) is 22.4 Å². The highest BCUT2D eigenvalue weighted by Crippen LogP contribution is 2.45. The van der Waals surface area contributed by atoms with E-state index < -0.39 is 9.84 Å². The van der Waals surface area contributed by atoms with Gasteiger partial charge < -0.3 is 15.6 Å². The van der Waals surface area contributed by atoms with Crippen LogP contribution in [0.2, 0.25) is 0 Å². The number of sulfone groups is 1. The second kappa shape index (κ2) is 9.69. The van der Waals surface area contributed by atoms with Gasteiger partial charge in [-0.3, -0.25) is 9.78 Å². The number of hydrogen-bond acceptors (Lipinski definition) is 9. The largest absolute Gasteiger partial charge is 0.382 e. The molecule has 0 spiro atoms. The lowest BCUT2D eigenvalue weighted by Gasteiger charge is -2.38.